The molecule has 0 spiro atoms. The van der Waals surface area contributed by atoms with Crippen molar-refractivity contribution in [1.82, 2.24) is 0 Å². The van der Waals surface area contributed by atoms with Gasteiger partial charge in [-0.25, -0.2) is 4.79 Å². The van der Waals surface area contributed by atoms with E-state index in [2.05, 4.69) is 13.8 Å². The summed E-state index contributed by atoms with van der Waals surface area (Å²) >= 11 is 0. The zero-order chi connectivity index (χ0) is 16.9. The number of benzene rings is 2. The van der Waals surface area contributed by atoms with Gasteiger partial charge in [-0.05, 0) is 47.9 Å². The fourth-order valence-corrected chi connectivity index (χ4v) is 3.03. The first-order chi connectivity index (χ1) is 11.6. The molecule has 3 nitrogen and oxygen atoms in total. The number of hydrogen-bond acceptors (Lipinski definition) is 3. The highest BCUT2D eigenvalue weighted by Crippen LogP contribution is 2.36. The summed E-state index contributed by atoms with van der Waals surface area (Å²) in [6.07, 6.45) is 4.02. The second kappa shape index (κ2) is 7.63. The minimum Gasteiger partial charge on any atom is -0.292 e. The van der Waals surface area contributed by atoms with E-state index in [9.17, 15) is 4.79 Å². The SMILES string of the molecule is CC1CCC(C)[C](OOC(=O)c2ccc(-c3ccccc3)cc2)C1. The molecule has 2 unspecified atom stereocenters. The van der Waals surface area contributed by atoms with E-state index in [-0.39, 0.29) is 0 Å². The van der Waals surface area contributed by atoms with E-state index in [1.54, 1.807) is 12.1 Å². The Balaban J connectivity index is 1.59. The van der Waals surface area contributed by atoms with Crippen molar-refractivity contribution in [2.24, 2.45) is 11.8 Å². The van der Waals surface area contributed by atoms with Crippen molar-refractivity contribution in [3.05, 3.63) is 66.3 Å². The summed E-state index contributed by atoms with van der Waals surface area (Å²) < 4.78 is 0. The Morgan fingerprint density at radius 3 is 2.29 bits per heavy atom. The second-order valence-corrected chi connectivity index (χ2v) is 6.65. The van der Waals surface area contributed by atoms with Crippen molar-refractivity contribution in [1.29, 1.82) is 0 Å². The van der Waals surface area contributed by atoms with Crippen LogP contribution in [0.15, 0.2) is 54.6 Å². The highest BCUT2D eigenvalue weighted by molar-refractivity contribution is 5.89. The van der Waals surface area contributed by atoms with Gasteiger partial charge in [-0.1, -0.05) is 62.7 Å². The molecule has 1 fully saturated rings. The van der Waals surface area contributed by atoms with Crippen LogP contribution in [0, 0.1) is 17.9 Å². The van der Waals surface area contributed by atoms with Crippen LogP contribution in [0.2, 0.25) is 0 Å². The first-order valence-corrected chi connectivity index (χ1v) is 8.53. The molecule has 3 rings (SSSR count). The summed E-state index contributed by atoms with van der Waals surface area (Å²) in [5.74, 6) is 0.474. The Morgan fingerprint density at radius 1 is 0.917 bits per heavy atom. The number of carbonyl (C=O) groups is 1. The van der Waals surface area contributed by atoms with Crippen LogP contribution in [0.3, 0.4) is 0 Å². The zero-order valence-corrected chi connectivity index (χ0v) is 14.2. The molecule has 0 heterocycles. The third-order valence-electron chi connectivity index (χ3n) is 4.64. The monoisotopic (exact) mass is 323 g/mol. The van der Waals surface area contributed by atoms with Gasteiger partial charge in [0, 0.05) is 0 Å². The molecule has 1 radical (unpaired) electrons. The summed E-state index contributed by atoms with van der Waals surface area (Å²) in [5, 5.41) is 0. The maximum atomic E-state index is 12.2. The fraction of sp³-hybridized carbons (Fsp3) is 0.333. The minimum absolute atomic E-state index is 0.342. The molecule has 3 heteroatoms. The molecule has 0 amide bonds. The summed E-state index contributed by atoms with van der Waals surface area (Å²) in [7, 11) is 0. The predicted molar refractivity (Wildman–Crippen MR) is 93.8 cm³/mol. The molecule has 1 aliphatic rings. The van der Waals surface area contributed by atoms with E-state index in [1.165, 1.54) is 6.42 Å². The Bertz CT molecular complexity index is 663. The van der Waals surface area contributed by atoms with Crippen molar-refractivity contribution in [3.63, 3.8) is 0 Å². The van der Waals surface area contributed by atoms with Gasteiger partial charge in [0.25, 0.3) is 0 Å². The van der Waals surface area contributed by atoms with Crippen molar-refractivity contribution in [3.8, 4) is 11.1 Å². The van der Waals surface area contributed by atoms with Crippen molar-refractivity contribution >= 4 is 5.97 Å². The number of rotatable bonds is 4. The van der Waals surface area contributed by atoms with Gasteiger partial charge in [-0.3, -0.25) is 4.89 Å². The highest BCUT2D eigenvalue weighted by Gasteiger charge is 2.29. The molecule has 125 valence electrons. The lowest BCUT2D eigenvalue weighted by Gasteiger charge is -2.29. The molecule has 1 saturated carbocycles. The lowest BCUT2D eigenvalue weighted by Crippen LogP contribution is -2.23. The molecule has 2 aromatic rings. The van der Waals surface area contributed by atoms with E-state index < -0.39 is 5.97 Å². The lowest BCUT2D eigenvalue weighted by molar-refractivity contribution is -0.248. The summed E-state index contributed by atoms with van der Waals surface area (Å²) in [6, 6.07) is 17.4. The standard InChI is InChI=1S/C21H23O3/c1-15-8-9-16(2)20(14-15)23-24-21(22)19-12-10-18(11-13-19)17-6-4-3-5-7-17/h3-7,10-13,15-16H,8-9,14H2,1-2H3. The Morgan fingerprint density at radius 2 is 1.58 bits per heavy atom. The first kappa shape index (κ1) is 16.7. The lowest BCUT2D eigenvalue weighted by atomic mass is 9.82. The number of carbonyl (C=O) groups excluding carboxylic acids is 1. The van der Waals surface area contributed by atoms with Gasteiger partial charge >= 0.3 is 5.97 Å². The van der Waals surface area contributed by atoms with E-state index in [0.717, 1.165) is 30.1 Å². The van der Waals surface area contributed by atoms with Crippen LogP contribution in [-0.2, 0) is 9.78 Å². The first-order valence-electron chi connectivity index (χ1n) is 8.53. The highest BCUT2D eigenvalue weighted by atomic mass is 17.2. The molecule has 0 N–H and O–H groups in total. The largest absolute Gasteiger partial charge is 0.373 e. The van der Waals surface area contributed by atoms with Gasteiger partial charge in [0.1, 0.15) is 0 Å². The van der Waals surface area contributed by atoms with E-state index in [1.807, 2.05) is 42.5 Å². The Hall–Kier alpha value is -2.13. The van der Waals surface area contributed by atoms with Crippen LogP contribution in [0.25, 0.3) is 11.1 Å². The van der Waals surface area contributed by atoms with Crippen molar-refractivity contribution < 1.29 is 14.6 Å². The molecule has 0 aromatic heterocycles. The topological polar surface area (TPSA) is 35.5 Å². The maximum absolute atomic E-state index is 12.2. The van der Waals surface area contributed by atoms with Gasteiger partial charge in [0.15, 0.2) is 6.10 Å². The zero-order valence-electron chi connectivity index (χ0n) is 14.2. The predicted octanol–water partition coefficient (Wildman–Crippen LogP) is 5.43. The normalized spacial score (nSPS) is 21.4. The third kappa shape index (κ3) is 4.04. The number of hydrogen-bond donors (Lipinski definition) is 0. The van der Waals surface area contributed by atoms with Crippen LogP contribution >= 0.6 is 0 Å². The molecular formula is C21H23O3. The van der Waals surface area contributed by atoms with Gasteiger partial charge in [-0.2, -0.15) is 4.89 Å². The molecule has 0 saturated heterocycles. The van der Waals surface area contributed by atoms with Crippen molar-refractivity contribution in [2.45, 2.75) is 33.1 Å². The quantitative estimate of drug-likeness (QED) is 0.556. The van der Waals surface area contributed by atoms with E-state index in [4.69, 9.17) is 9.78 Å². The van der Waals surface area contributed by atoms with Crippen LogP contribution in [0.4, 0.5) is 0 Å². The second-order valence-electron chi connectivity index (χ2n) is 6.65. The summed E-state index contributed by atoms with van der Waals surface area (Å²) in [4.78, 5) is 22.6. The van der Waals surface area contributed by atoms with Gasteiger partial charge in [0.2, 0.25) is 0 Å². The van der Waals surface area contributed by atoms with Crippen LogP contribution in [0.1, 0.15) is 43.5 Å². The minimum atomic E-state index is -0.451. The molecule has 1 aliphatic carbocycles. The Kier molecular flexibility index (Phi) is 5.31. The van der Waals surface area contributed by atoms with Crippen molar-refractivity contribution in [2.75, 3.05) is 0 Å². The average Bonchev–Trinajstić information content (AvgIpc) is 2.63. The smallest absolute Gasteiger partial charge is 0.292 e. The average molecular weight is 323 g/mol. The van der Waals surface area contributed by atoms with Crippen LogP contribution in [0.5, 0.6) is 0 Å². The summed E-state index contributed by atoms with van der Waals surface area (Å²) in [5.41, 5.74) is 2.68. The third-order valence-corrected chi connectivity index (χ3v) is 4.64. The van der Waals surface area contributed by atoms with Gasteiger partial charge < -0.3 is 0 Å². The van der Waals surface area contributed by atoms with E-state index in [0.29, 0.717) is 17.4 Å². The van der Waals surface area contributed by atoms with E-state index >= 15 is 0 Å². The maximum Gasteiger partial charge on any atom is 0.373 e. The molecule has 0 bridgehead atoms. The molecule has 0 aliphatic heterocycles. The van der Waals surface area contributed by atoms with Gasteiger partial charge in [0.05, 0.1) is 5.56 Å². The van der Waals surface area contributed by atoms with Crippen LogP contribution < -0.4 is 0 Å². The molecule has 2 atom stereocenters. The summed E-state index contributed by atoms with van der Waals surface area (Å²) in [6.45, 7) is 4.31. The molecule has 2 aromatic carbocycles. The molecular weight excluding hydrogens is 300 g/mol. The molecule has 24 heavy (non-hydrogen) atoms. The Labute approximate surface area is 143 Å². The fourth-order valence-electron chi connectivity index (χ4n) is 3.03. The van der Waals surface area contributed by atoms with Gasteiger partial charge in [-0.15, -0.1) is 0 Å². The van der Waals surface area contributed by atoms with Crippen LogP contribution in [-0.4, -0.2) is 5.97 Å².